The maximum Gasteiger partial charge on any atom is 0.196 e. The van der Waals surface area contributed by atoms with Crippen molar-refractivity contribution in [3.05, 3.63) is 28.2 Å². The van der Waals surface area contributed by atoms with Crippen LogP contribution in [0.25, 0.3) is 0 Å². The second-order valence-corrected chi connectivity index (χ2v) is 9.80. The minimum atomic E-state index is 0.512. The van der Waals surface area contributed by atoms with Gasteiger partial charge in [-0.1, -0.05) is 23.2 Å². The predicted octanol–water partition coefficient (Wildman–Crippen LogP) is 4.07. The summed E-state index contributed by atoms with van der Waals surface area (Å²) in [6, 6.07) is 5.96. The van der Waals surface area contributed by atoms with Gasteiger partial charge in [0.1, 0.15) is 0 Å². The van der Waals surface area contributed by atoms with Crippen molar-refractivity contribution < 1.29 is 0 Å². The second-order valence-electron chi connectivity index (χ2n) is 8.98. The van der Waals surface area contributed by atoms with Gasteiger partial charge in [0.05, 0.1) is 15.7 Å². The van der Waals surface area contributed by atoms with E-state index < -0.39 is 0 Å². The van der Waals surface area contributed by atoms with Crippen LogP contribution in [0.3, 0.4) is 0 Å². The summed E-state index contributed by atoms with van der Waals surface area (Å²) in [5, 5.41) is 1.06. The average Bonchev–Trinajstić information content (AvgIpc) is 3.48. The summed E-state index contributed by atoms with van der Waals surface area (Å²) in [5.74, 6) is 2.50. The summed E-state index contributed by atoms with van der Waals surface area (Å²) in [6.45, 7) is 6.74. The zero-order chi connectivity index (χ0) is 20.4. The lowest BCUT2D eigenvalue weighted by Gasteiger charge is -2.36. The van der Waals surface area contributed by atoms with E-state index in [1.54, 1.807) is 12.1 Å². The highest BCUT2D eigenvalue weighted by Crippen LogP contribution is 2.50. The van der Waals surface area contributed by atoms with Crippen LogP contribution < -0.4 is 5.73 Å². The van der Waals surface area contributed by atoms with Crippen LogP contribution in [0.15, 0.2) is 23.2 Å². The van der Waals surface area contributed by atoms with Crippen molar-refractivity contribution in [2.24, 2.45) is 22.6 Å². The second kappa shape index (κ2) is 9.42. The molecular weight excluding hydrogens is 405 g/mol. The lowest BCUT2D eigenvalue weighted by molar-refractivity contribution is 0.145. The van der Waals surface area contributed by atoms with E-state index in [9.17, 15) is 0 Å². The Morgan fingerprint density at radius 3 is 2.62 bits per heavy atom. The SMILES string of the molecule is CN1CCN(CCCN(C(N)=Nc2ccc(Cl)c(Cl)c2)C2CCC3CC3C2)CC1. The molecule has 0 aromatic heterocycles. The van der Waals surface area contributed by atoms with Crippen molar-refractivity contribution in [3.8, 4) is 0 Å². The number of aliphatic imine (C=N–C) groups is 1. The third-order valence-electron chi connectivity index (χ3n) is 6.87. The van der Waals surface area contributed by atoms with Gasteiger partial charge in [0.15, 0.2) is 5.96 Å². The van der Waals surface area contributed by atoms with Gasteiger partial charge in [-0.2, -0.15) is 0 Å². The number of halogens is 2. The van der Waals surface area contributed by atoms with Crippen molar-refractivity contribution in [1.29, 1.82) is 0 Å². The number of piperazine rings is 1. The van der Waals surface area contributed by atoms with Crippen LogP contribution in [0.1, 0.15) is 32.1 Å². The van der Waals surface area contributed by atoms with E-state index >= 15 is 0 Å². The molecule has 2 N–H and O–H groups in total. The molecule has 1 aromatic rings. The van der Waals surface area contributed by atoms with Crippen molar-refractivity contribution in [1.82, 2.24) is 14.7 Å². The van der Waals surface area contributed by atoms with E-state index in [1.807, 2.05) is 6.07 Å². The largest absolute Gasteiger partial charge is 0.369 e. The summed E-state index contributed by atoms with van der Waals surface area (Å²) in [4.78, 5) is 12.0. The van der Waals surface area contributed by atoms with Gasteiger partial charge in [-0.05, 0) is 75.7 Å². The number of benzene rings is 1. The molecule has 2 aliphatic carbocycles. The van der Waals surface area contributed by atoms with Crippen LogP contribution in [-0.2, 0) is 0 Å². The Bertz CT molecular complexity index is 732. The molecule has 0 spiro atoms. The van der Waals surface area contributed by atoms with Crippen LogP contribution in [0.2, 0.25) is 10.0 Å². The third kappa shape index (κ3) is 5.57. The molecule has 0 bridgehead atoms. The molecule has 4 rings (SSSR count). The van der Waals surface area contributed by atoms with Gasteiger partial charge >= 0.3 is 0 Å². The monoisotopic (exact) mass is 437 g/mol. The molecule has 3 unspecified atom stereocenters. The highest BCUT2D eigenvalue weighted by Gasteiger charge is 2.43. The molecule has 1 aliphatic heterocycles. The first kappa shape index (κ1) is 21.2. The maximum absolute atomic E-state index is 6.55. The van der Waals surface area contributed by atoms with Crippen molar-refractivity contribution >= 4 is 34.8 Å². The molecule has 160 valence electrons. The van der Waals surface area contributed by atoms with Gasteiger partial charge < -0.3 is 20.4 Å². The fraction of sp³-hybridized carbons (Fsp3) is 0.682. The zero-order valence-electron chi connectivity index (χ0n) is 17.4. The normalized spacial score (nSPS) is 28.2. The molecule has 5 nitrogen and oxygen atoms in total. The Kier molecular flexibility index (Phi) is 6.90. The van der Waals surface area contributed by atoms with Crippen LogP contribution in [-0.4, -0.2) is 73.0 Å². The molecule has 3 aliphatic rings. The van der Waals surface area contributed by atoms with Crippen LogP contribution >= 0.6 is 23.2 Å². The number of likely N-dealkylation sites (N-methyl/N-ethyl adjacent to an activating group) is 1. The smallest absolute Gasteiger partial charge is 0.196 e. The molecule has 3 fully saturated rings. The molecule has 3 atom stereocenters. The summed E-state index contributed by atoms with van der Waals surface area (Å²) in [5.41, 5.74) is 7.31. The quantitative estimate of drug-likeness (QED) is 0.538. The minimum absolute atomic E-state index is 0.512. The third-order valence-corrected chi connectivity index (χ3v) is 7.60. The van der Waals surface area contributed by atoms with Gasteiger partial charge in [-0.15, -0.1) is 0 Å². The highest BCUT2D eigenvalue weighted by molar-refractivity contribution is 6.42. The standard InChI is InChI=1S/C22H33Cl2N5/c1-27-9-11-28(12-10-27)7-2-8-29(19-5-3-16-13-17(16)14-19)22(25)26-18-4-6-20(23)21(24)15-18/h4,6,15-17,19H,2-3,5,7-14H2,1H3,(H2,25,26). The number of fused-ring (bicyclic) bond motifs is 1. The van der Waals surface area contributed by atoms with Gasteiger partial charge in [0.2, 0.25) is 0 Å². The van der Waals surface area contributed by atoms with Crippen LogP contribution in [0, 0.1) is 11.8 Å². The molecule has 1 heterocycles. The van der Waals surface area contributed by atoms with Crippen LogP contribution in [0.4, 0.5) is 5.69 Å². The number of hydrogen-bond donors (Lipinski definition) is 1. The number of rotatable bonds is 6. The molecule has 7 heteroatoms. The molecule has 1 saturated heterocycles. The first-order valence-corrected chi connectivity index (χ1v) is 11.7. The lowest BCUT2D eigenvalue weighted by atomic mass is 9.94. The predicted molar refractivity (Wildman–Crippen MR) is 122 cm³/mol. The average molecular weight is 438 g/mol. The minimum Gasteiger partial charge on any atom is -0.369 e. The Morgan fingerprint density at radius 1 is 1.10 bits per heavy atom. The molecular formula is C22H33Cl2N5. The van der Waals surface area contributed by atoms with E-state index in [0.717, 1.165) is 63.2 Å². The van der Waals surface area contributed by atoms with Gasteiger partial charge in [-0.3, -0.25) is 0 Å². The Hall–Kier alpha value is -1.01. The zero-order valence-corrected chi connectivity index (χ0v) is 18.9. The number of hydrogen-bond acceptors (Lipinski definition) is 3. The van der Waals surface area contributed by atoms with Crippen molar-refractivity contribution in [2.45, 2.75) is 38.1 Å². The Balaban J connectivity index is 1.41. The first-order chi connectivity index (χ1) is 14.0. The summed E-state index contributed by atoms with van der Waals surface area (Å²) < 4.78 is 0. The first-order valence-electron chi connectivity index (χ1n) is 11.0. The Labute approximate surface area is 184 Å². The molecule has 29 heavy (non-hydrogen) atoms. The highest BCUT2D eigenvalue weighted by atomic mass is 35.5. The fourth-order valence-corrected chi connectivity index (χ4v) is 5.17. The maximum atomic E-state index is 6.55. The molecule has 0 amide bonds. The molecule has 0 radical (unpaired) electrons. The van der Waals surface area contributed by atoms with E-state index in [-0.39, 0.29) is 0 Å². The van der Waals surface area contributed by atoms with Crippen molar-refractivity contribution in [2.75, 3.05) is 46.3 Å². The van der Waals surface area contributed by atoms with E-state index in [2.05, 4.69) is 21.7 Å². The number of nitrogens with zero attached hydrogens (tertiary/aromatic N) is 4. The topological polar surface area (TPSA) is 48.1 Å². The molecule has 2 saturated carbocycles. The number of nitrogens with two attached hydrogens (primary N) is 1. The summed E-state index contributed by atoms with van der Waals surface area (Å²) in [7, 11) is 2.20. The van der Waals surface area contributed by atoms with E-state index in [4.69, 9.17) is 33.9 Å². The summed E-state index contributed by atoms with van der Waals surface area (Å²) >= 11 is 12.2. The molecule has 1 aromatic carbocycles. The van der Waals surface area contributed by atoms with Gasteiger partial charge in [-0.25, -0.2) is 4.99 Å². The number of guanidine groups is 1. The Morgan fingerprint density at radius 2 is 1.90 bits per heavy atom. The van der Waals surface area contributed by atoms with Crippen LogP contribution in [0.5, 0.6) is 0 Å². The van der Waals surface area contributed by atoms with Crippen molar-refractivity contribution in [3.63, 3.8) is 0 Å². The fourth-order valence-electron chi connectivity index (χ4n) is 4.88. The summed E-state index contributed by atoms with van der Waals surface area (Å²) in [6.07, 6.45) is 6.36. The van der Waals surface area contributed by atoms with Gasteiger partial charge in [0.25, 0.3) is 0 Å². The lowest BCUT2D eigenvalue weighted by Crippen LogP contribution is -2.48. The van der Waals surface area contributed by atoms with Gasteiger partial charge in [0, 0.05) is 38.8 Å². The van der Waals surface area contributed by atoms with E-state index in [0.29, 0.717) is 22.0 Å². The van der Waals surface area contributed by atoms with E-state index in [1.165, 1.54) is 25.7 Å².